The summed E-state index contributed by atoms with van der Waals surface area (Å²) < 4.78 is 1.66. The molecule has 11 heteroatoms. The number of aryl methyl sites for hydroxylation is 1. The standard InChI is InChI=1S/C23H19N7O3S/c1-13-8-10-34-20(13)19-18(22(31)26-16-6-4-9-24-12-16)14(2)25-23-27-21(28-29(19)23)15-5-3-7-17(11-15)30(32)33/h3-12,19H,1-2H3,(H,26,31)(H,25,27,28). The lowest BCUT2D eigenvalue weighted by molar-refractivity contribution is -0.384. The largest absolute Gasteiger partial charge is 0.328 e. The number of fused-ring (bicyclic) bond motifs is 1. The summed E-state index contributed by atoms with van der Waals surface area (Å²) in [7, 11) is 0. The van der Waals surface area contributed by atoms with Crippen LogP contribution in [0.25, 0.3) is 11.4 Å². The van der Waals surface area contributed by atoms with E-state index in [4.69, 9.17) is 0 Å². The molecule has 0 fully saturated rings. The maximum Gasteiger partial charge on any atom is 0.270 e. The van der Waals surface area contributed by atoms with Crippen molar-refractivity contribution in [1.82, 2.24) is 19.7 Å². The number of nitrogens with zero attached hydrogens (tertiary/aromatic N) is 5. The second-order valence-electron chi connectivity index (χ2n) is 7.74. The average molecular weight is 474 g/mol. The fraction of sp³-hybridized carbons (Fsp3) is 0.130. The summed E-state index contributed by atoms with van der Waals surface area (Å²) in [4.78, 5) is 33.8. The number of thiophene rings is 1. The summed E-state index contributed by atoms with van der Waals surface area (Å²) >= 11 is 1.53. The zero-order chi connectivity index (χ0) is 23.8. The Kier molecular flexibility index (Phi) is 5.38. The van der Waals surface area contributed by atoms with Crippen molar-refractivity contribution < 1.29 is 9.72 Å². The van der Waals surface area contributed by atoms with Crippen LogP contribution >= 0.6 is 11.3 Å². The minimum absolute atomic E-state index is 0.0466. The lowest BCUT2D eigenvalue weighted by Gasteiger charge is -2.28. The summed E-state index contributed by atoms with van der Waals surface area (Å²) in [5.74, 6) is 0.496. The van der Waals surface area contributed by atoms with Gasteiger partial charge in [0, 0.05) is 34.5 Å². The fourth-order valence-electron chi connectivity index (χ4n) is 3.87. The highest BCUT2D eigenvalue weighted by atomic mass is 32.1. The number of pyridine rings is 1. The number of hydrogen-bond donors (Lipinski definition) is 2. The van der Waals surface area contributed by atoms with Crippen LogP contribution in [0.3, 0.4) is 0 Å². The molecule has 1 atom stereocenters. The molecule has 1 unspecified atom stereocenters. The molecular formula is C23H19N7O3S. The maximum absolute atomic E-state index is 13.4. The van der Waals surface area contributed by atoms with Gasteiger partial charge in [-0.2, -0.15) is 4.98 Å². The number of nitro groups is 1. The van der Waals surface area contributed by atoms with Crippen molar-refractivity contribution in [2.75, 3.05) is 10.6 Å². The fourth-order valence-corrected chi connectivity index (χ4v) is 4.89. The molecule has 1 amide bonds. The number of amides is 1. The van der Waals surface area contributed by atoms with Crippen molar-refractivity contribution in [3.63, 3.8) is 0 Å². The maximum atomic E-state index is 13.4. The second kappa shape index (κ2) is 8.52. The summed E-state index contributed by atoms with van der Waals surface area (Å²) in [5, 5.41) is 24.0. The third kappa shape index (κ3) is 3.82. The van der Waals surface area contributed by atoms with Crippen LogP contribution in [-0.2, 0) is 4.79 Å². The van der Waals surface area contributed by atoms with Gasteiger partial charge in [0.1, 0.15) is 6.04 Å². The molecule has 0 bridgehead atoms. The molecule has 4 heterocycles. The highest BCUT2D eigenvalue weighted by Crippen LogP contribution is 2.40. The Morgan fingerprint density at radius 3 is 2.79 bits per heavy atom. The minimum atomic E-state index is -0.520. The monoisotopic (exact) mass is 473 g/mol. The number of non-ortho nitro benzene ring substituents is 1. The van der Waals surface area contributed by atoms with Crippen LogP contribution in [0.1, 0.15) is 23.4 Å². The lowest BCUT2D eigenvalue weighted by Crippen LogP contribution is -2.31. The van der Waals surface area contributed by atoms with Crippen LogP contribution < -0.4 is 10.6 Å². The van der Waals surface area contributed by atoms with Crippen LogP contribution in [0.4, 0.5) is 17.3 Å². The second-order valence-corrected chi connectivity index (χ2v) is 8.69. The Labute approximate surface area is 198 Å². The van der Waals surface area contributed by atoms with E-state index in [2.05, 4.69) is 25.7 Å². The number of aromatic nitrogens is 4. The number of rotatable bonds is 5. The highest BCUT2D eigenvalue weighted by Gasteiger charge is 2.36. The van der Waals surface area contributed by atoms with E-state index in [1.165, 1.54) is 23.5 Å². The third-order valence-corrected chi connectivity index (χ3v) is 6.55. The van der Waals surface area contributed by atoms with E-state index in [1.807, 2.05) is 25.3 Å². The molecule has 1 aliphatic rings. The zero-order valence-corrected chi connectivity index (χ0v) is 19.0. The number of carbonyl (C=O) groups excluding carboxylic acids is 1. The van der Waals surface area contributed by atoms with E-state index in [0.717, 1.165) is 10.4 Å². The van der Waals surface area contributed by atoms with Crippen molar-refractivity contribution in [3.05, 3.63) is 92.1 Å². The molecule has 4 aromatic rings. The van der Waals surface area contributed by atoms with Crippen LogP contribution in [0.5, 0.6) is 0 Å². The Balaban J connectivity index is 1.60. The molecule has 0 spiro atoms. The summed E-state index contributed by atoms with van der Waals surface area (Å²) in [6.45, 7) is 3.80. The highest BCUT2D eigenvalue weighted by molar-refractivity contribution is 7.10. The van der Waals surface area contributed by atoms with Crippen LogP contribution in [0.2, 0.25) is 0 Å². The Morgan fingerprint density at radius 1 is 1.24 bits per heavy atom. The Hall–Kier alpha value is -4.38. The van der Waals surface area contributed by atoms with Gasteiger partial charge in [-0.15, -0.1) is 16.4 Å². The predicted octanol–water partition coefficient (Wildman–Crippen LogP) is 4.55. The first kappa shape index (κ1) is 21.5. The first-order chi connectivity index (χ1) is 16.4. The number of anilines is 2. The van der Waals surface area contributed by atoms with Crippen LogP contribution in [-0.4, -0.2) is 30.6 Å². The Morgan fingerprint density at radius 2 is 2.09 bits per heavy atom. The summed E-state index contributed by atoms with van der Waals surface area (Å²) in [6, 6.07) is 11.2. The number of allylic oxidation sites excluding steroid dienone is 1. The first-order valence-corrected chi connectivity index (χ1v) is 11.2. The van der Waals surface area contributed by atoms with Crippen molar-refractivity contribution in [3.8, 4) is 11.4 Å². The summed E-state index contributed by atoms with van der Waals surface area (Å²) in [5.41, 5.74) is 3.21. The van der Waals surface area contributed by atoms with Gasteiger partial charge in [0.05, 0.1) is 22.4 Å². The molecule has 0 saturated heterocycles. The van der Waals surface area contributed by atoms with E-state index in [-0.39, 0.29) is 11.6 Å². The molecule has 0 saturated carbocycles. The number of carbonyl (C=O) groups is 1. The topological polar surface area (TPSA) is 128 Å². The van der Waals surface area contributed by atoms with Crippen LogP contribution in [0, 0.1) is 17.0 Å². The number of hydrogen-bond acceptors (Lipinski definition) is 8. The van der Waals surface area contributed by atoms with Gasteiger partial charge in [0.25, 0.3) is 11.6 Å². The SMILES string of the molecule is CC1=C(C(=O)Nc2cccnc2)C(c2sccc2C)n2nc(-c3cccc([N+](=O)[O-])c3)nc2N1. The van der Waals surface area contributed by atoms with Gasteiger partial charge < -0.3 is 10.6 Å². The molecule has 170 valence electrons. The molecule has 1 aromatic carbocycles. The zero-order valence-electron chi connectivity index (χ0n) is 18.2. The van der Waals surface area contributed by atoms with Gasteiger partial charge in [0.15, 0.2) is 5.82 Å². The Bertz CT molecular complexity index is 1440. The van der Waals surface area contributed by atoms with E-state index < -0.39 is 11.0 Å². The summed E-state index contributed by atoms with van der Waals surface area (Å²) in [6.07, 6.45) is 3.22. The van der Waals surface area contributed by atoms with Crippen molar-refractivity contribution >= 4 is 34.6 Å². The van der Waals surface area contributed by atoms with Gasteiger partial charge in [-0.25, -0.2) is 4.68 Å². The van der Waals surface area contributed by atoms with Gasteiger partial charge in [-0.1, -0.05) is 12.1 Å². The quantitative estimate of drug-likeness (QED) is 0.321. The van der Waals surface area contributed by atoms with Crippen molar-refractivity contribution in [1.29, 1.82) is 0 Å². The predicted molar refractivity (Wildman–Crippen MR) is 128 cm³/mol. The normalized spacial score (nSPS) is 14.9. The smallest absolute Gasteiger partial charge is 0.270 e. The number of nitrogens with one attached hydrogen (secondary N) is 2. The van der Waals surface area contributed by atoms with Gasteiger partial charge in [-0.05, 0) is 43.0 Å². The van der Waals surface area contributed by atoms with E-state index in [9.17, 15) is 14.9 Å². The van der Waals surface area contributed by atoms with E-state index in [1.54, 1.807) is 41.3 Å². The van der Waals surface area contributed by atoms with E-state index >= 15 is 0 Å². The molecule has 1 aliphatic heterocycles. The van der Waals surface area contributed by atoms with Gasteiger partial charge in [0.2, 0.25) is 5.95 Å². The molecule has 2 N–H and O–H groups in total. The van der Waals surface area contributed by atoms with Gasteiger partial charge >= 0.3 is 0 Å². The molecule has 0 aliphatic carbocycles. The molecule has 5 rings (SSSR count). The number of nitro benzene ring substituents is 1. The van der Waals surface area contributed by atoms with Crippen LogP contribution in [0.15, 0.2) is 71.5 Å². The molecule has 0 radical (unpaired) electrons. The molecular weight excluding hydrogens is 454 g/mol. The van der Waals surface area contributed by atoms with E-state index in [0.29, 0.717) is 34.3 Å². The molecule has 3 aromatic heterocycles. The molecule has 34 heavy (non-hydrogen) atoms. The lowest BCUT2D eigenvalue weighted by atomic mass is 9.99. The van der Waals surface area contributed by atoms with Gasteiger partial charge in [-0.3, -0.25) is 19.9 Å². The minimum Gasteiger partial charge on any atom is -0.328 e. The third-order valence-electron chi connectivity index (χ3n) is 5.48. The molecule has 10 nitrogen and oxygen atoms in total. The average Bonchev–Trinajstić information content (AvgIpc) is 3.44. The van der Waals surface area contributed by atoms with Crippen molar-refractivity contribution in [2.24, 2.45) is 0 Å². The first-order valence-electron chi connectivity index (χ1n) is 10.4. The van der Waals surface area contributed by atoms with Crippen molar-refractivity contribution in [2.45, 2.75) is 19.9 Å². The number of benzene rings is 1.